The second kappa shape index (κ2) is 5.93. The smallest absolute Gasteiger partial charge is 0.120 e. The Bertz CT molecular complexity index is 417. The molecule has 0 amide bonds. The van der Waals surface area contributed by atoms with E-state index in [9.17, 15) is 0 Å². The van der Waals surface area contributed by atoms with E-state index in [1.165, 1.54) is 6.42 Å². The molecular weight excluding hydrogens is 238 g/mol. The van der Waals surface area contributed by atoms with E-state index < -0.39 is 0 Å². The summed E-state index contributed by atoms with van der Waals surface area (Å²) in [7, 11) is 3.74. The van der Waals surface area contributed by atoms with Gasteiger partial charge in [-0.2, -0.15) is 0 Å². The minimum absolute atomic E-state index is 0.248. The summed E-state index contributed by atoms with van der Waals surface area (Å²) in [5.74, 6) is 0.942. The molecule has 0 spiro atoms. The van der Waals surface area contributed by atoms with Crippen LogP contribution in [0.2, 0.25) is 0 Å². The lowest BCUT2D eigenvalue weighted by Gasteiger charge is -2.30. The summed E-state index contributed by atoms with van der Waals surface area (Å²) >= 11 is 0. The number of ether oxygens (including phenoxy) is 2. The van der Waals surface area contributed by atoms with Crippen LogP contribution in [0.5, 0.6) is 5.75 Å². The first-order valence-electron chi connectivity index (χ1n) is 6.98. The Hall–Kier alpha value is -1.06. The van der Waals surface area contributed by atoms with Crippen LogP contribution in [0.4, 0.5) is 0 Å². The lowest BCUT2D eigenvalue weighted by Crippen LogP contribution is -2.44. The van der Waals surface area contributed by atoms with Crippen molar-refractivity contribution in [3.05, 3.63) is 29.8 Å². The molecule has 0 saturated heterocycles. The molecule has 1 aromatic carbocycles. The Morgan fingerprint density at radius 1 is 1.37 bits per heavy atom. The van der Waals surface area contributed by atoms with Crippen LogP contribution in [0.15, 0.2) is 24.3 Å². The summed E-state index contributed by atoms with van der Waals surface area (Å²) in [4.78, 5) is 0. The standard InChI is InChI=1S/C16H25NO2/c1-16(2)9-8-14(15(16)17-3)19-13-7-5-6-12(10-13)11-18-4/h5-7,10,14-15,17H,8-9,11H2,1-4H3. The molecule has 1 saturated carbocycles. The van der Waals surface area contributed by atoms with E-state index in [0.29, 0.717) is 18.1 Å². The molecule has 3 heteroatoms. The van der Waals surface area contributed by atoms with Crippen molar-refractivity contribution in [2.24, 2.45) is 5.41 Å². The van der Waals surface area contributed by atoms with Gasteiger partial charge in [0.1, 0.15) is 11.9 Å². The van der Waals surface area contributed by atoms with Crippen molar-refractivity contribution in [3.8, 4) is 5.75 Å². The summed E-state index contributed by atoms with van der Waals surface area (Å²) < 4.78 is 11.3. The van der Waals surface area contributed by atoms with Crippen LogP contribution < -0.4 is 10.1 Å². The molecule has 3 nitrogen and oxygen atoms in total. The number of nitrogens with one attached hydrogen (secondary N) is 1. The monoisotopic (exact) mass is 263 g/mol. The molecule has 2 atom stereocenters. The van der Waals surface area contributed by atoms with Crippen LogP contribution in [0, 0.1) is 5.41 Å². The molecule has 1 aromatic rings. The normalized spacial score (nSPS) is 25.5. The van der Waals surface area contributed by atoms with E-state index in [4.69, 9.17) is 9.47 Å². The highest BCUT2D eigenvalue weighted by atomic mass is 16.5. The Balaban J connectivity index is 2.07. The van der Waals surface area contributed by atoms with Crippen LogP contribution in [-0.2, 0) is 11.3 Å². The van der Waals surface area contributed by atoms with Gasteiger partial charge in [-0.25, -0.2) is 0 Å². The predicted molar refractivity (Wildman–Crippen MR) is 77.4 cm³/mol. The Morgan fingerprint density at radius 2 is 2.16 bits per heavy atom. The highest BCUT2D eigenvalue weighted by molar-refractivity contribution is 5.28. The zero-order valence-electron chi connectivity index (χ0n) is 12.4. The average molecular weight is 263 g/mol. The largest absolute Gasteiger partial charge is 0.489 e. The highest BCUT2D eigenvalue weighted by Crippen LogP contribution is 2.39. The van der Waals surface area contributed by atoms with Crippen molar-refractivity contribution < 1.29 is 9.47 Å². The number of likely N-dealkylation sites (N-methyl/N-ethyl adjacent to an activating group) is 1. The predicted octanol–water partition coefficient (Wildman–Crippen LogP) is 2.99. The molecule has 0 aromatic heterocycles. The second-order valence-corrected chi connectivity index (χ2v) is 6.03. The molecule has 0 bridgehead atoms. The van der Waals surface area contributed by atoms with Crippen LogP contribution in [0.3, 0.4) is 0 Å². The summed E-state index contributed by atoms with van der Waals surface area (Å²) in [6.45, 7) is 5.24. The number of rotatable bonds is 5. The van der Waals surface area contributed by atoms with Gasteiger partial charge in [-0.3, -0.25) is 0 Å². The lowest BCUT2D eigenvalue weighted by molar-refractivity contribution is 0.145. The van der Waals surface area contributed by atoms with Crippen LogP contribution >= 0.6 is 0 Å². The zero-order chi connectivity index (χ0) is 13.9. The fourth-order valence-electron chi connectivity index (χ4n) is 3.09. The molecule has 1 N–H and O–H groups in total. The summed E-state index contributed by atoms with van der Waals surface area (Å²) in [5.41, 5.74) is 1.45. The van der Waals surface area contributed by atoms with Crippen LogP contribution in [-0.4, -0.2) is 26.3 Å². The minimum Gasteiger partial charge on any atom is -0.489 e. The molecule has 0 radical (unpaired) electrons. The Kier molecular flexibility index (Phi) is 4.48. The quantitative estimate of drug-likeness (QED) is 0.886. The van der Waals surface area contributed by atoms with E-state index in [-0.39, 0.29) is 6.10 Å². The topological polar surface area (TPSA) is 30.5 Å². The van der Waals surface area contributed by atoms with E-state index in [1.54, 1.807) is 7.11 Å². The maximum Gasteiger partial charge on any atom is 0.120 e. The molecule has 1 aliphatic carbocycles. The Labute approximate surface area is 116 Å². The van der Waals surface area contributed by atoms with Crippen molar-refractivity contribution in [1.82, 2.24) is 5.32 Å². The Morgan fingerprint density at radius 3 is 2.84 bits per heavy atom. The summed E-state index contributed by atoms with van der Waals surface area (Å²) in [6, 6.07) is 8.58. The van der Waals surface area contributed by atoms with E-state index >= 15 is 0 Å². The highest BCUT2D eigenvalue weighted by Gasteiger charge is 2.42. The van der Waals surface area contributed by atoms with E-state index in [2.05, 4.69) is 31.3 Å². The number of benzene rings is 1. The first-order valence-corrected chi connectivity index (χ1v) is 6.98. The maximum absolute atomic E-state index is 6.18. The summed E-state index contributed by atoms with van der Waals surface area (Å²) in [5, 5.41) is 3.41. The van der Waals surface area contributed by atoms with Gasteiger partial charge < -0.3 is 14.8 Å². The fraction of sp³-hybridized carbons (Fsp3) is 0.625. The van der Waals surface area contributed by atoms with Crippen molar-refractivity contribution in [1.29, 1.82) is 0 Å². The molecule has 106 valence electrons. The van der Waals surface area contributed by atoms with Crippen molar-refractivity contribution in [3.63, 3.8) is 0 Å². The molecule has 0 aliphatic heterocycles. The fourth-order valence-corrected chi connectivity index (χ4v) is 3.09. The SMILES string of the molecule is CNC1C(Oc2cccc(COC)c2)CCC1(C)C. The van der Waals surface area contributed by atoms with Crippen molar-refractivity contribution >= 4 is 0 Å². The maximum atomic E-state index is 6.18. The first-order chi connectivity index (χ1) is 9.06. The molecule has 1 aliphatic rings. The van der Waals surface area contributed by atoms with Gasteiger partial charge in [0.15, 0.2) is 0 Å². The summed E-state index contributed by atoms with van der Waals surface area (Å²) in [6.07, 6.45) is 2.55. The van der Waals surface area contributed by atoms with Crippen molar-refractivity contribution in [2.45, 2.75) is 45.4 Å². The average Bonchev–Trinajstić information content (AvgIpc) is 2.65. The third-order valence-corrected chi connectivity index (χ3v) is 4.09. The second-order valence-electron chi connectivity index (χ2n) is 6.03. The van der Waals surface area contributed by atoms with Gasteiger partial charge in [-0.15, -0.1) is 0 Å². The molecular formula is C16H25NO2. The molecule has 2 unspecified atom stereocenters. The van der Waals surface area contributed by atoms with Crippen LogP contribution in [0.25, 0.3) is 0 Å². The third-order valence-electron chi connectivity index (χ3n) is 4.09. The van der Waals surface area contributed by atoms with Gasteiger partial charge in [0, 0.05) is 13.2 Å². The van der Waals surface area contributed by atoms with Crippen molar-refractivity contribution in [2.75, 3.05) is 14.2 Å². The third kappa shape index (κ3) is 3.28. The first kappa shape index (κ1) is 14.4. The number of hydrogen-bond acceptors (Lipinski definition) is 3. The van der Waals surface area contributed by atoms with Gasteiger partial charge in [-0.05, 0) is 43.0 Å². The minimum atomic E-state index is 0.248. The van der Waals surface area contributed by atoms with E-state index in [1.807, 2.05) is 19.2 Å². The lowest BCUT2D eigenvalue weighted by atomic mass is 9.87. The molecule has 2 rings (SSSR count). The molecule has 0 heterocycles. The number of methoxy groups -OCH3 is 1. The number of hydrogen-bond donors (Lipinski definition) is 1. The van der Waals surface area contributed by atoms with Gasteiger partial charge >= 0.3 is 0 Å². The molecule has 1 fully saturated rings. The van der Waals surface area contributed by atoms with Gasteiger partial charge in [-0.1, -0.05) is 26.0 Å². The van der Waals surface area contributed by atoms with Crippen LogP contribution in [0.1, 0.15) is 32.3 Å². The van der Waals surface area contributed by atoms with Gasteiger partial charge in [0.25, 0.3) is 0 Å². The van der Waals surface area contributed by atoms with E-state index in [0.717, 1.165) is 17.7 Å². The van der Waals surface area contributed by atoms with Gasteiger partial charge in [0.05, 0.1) is 6.61 Å². The zero-order valence-corrected chi connectivity index (χ0v) is 12.4. The molecule has 19 heavy (non-hydrogen) atoms. The van der Waals surface area contributed by atoms with Gasteiger partial charge in [0.2, 0.25) is 0 Å².